The molecule has 1 aromatic carbocycles. The van der Waals surface area contributed by atoms with Crippen LogP contribution in [0.1, 0.15) is 37.9 Å². The van der Waals surface area contributed by atoms with Crippen LogP contribution in [-0.2, 0) is 4.79 Å². The molecule has 1 aliphatic rings. The SMILES string of the molecule is CCCCCN1CC(=O)N[C@@H]1c1cccc(O)c1. The van der Waals surface area contributed by atoms with Gasteiger partial charge in [-0.2, -0.15) is 0 Å². The van der Waals surface area contributed by atoms with E-state index in [1.807, 2.05) is 6.07 Å². The number of carbonyl (C=O) groups is 1. The summed E-state index contributed by atoms with van der Waals surface area (Å²) in [6.07, 6.45) is 3.35. The molecule has 0 unspecified atom stereocenters. The summed E-state index contributed by atoms with van der Waals surface area (Å²) in [6, 6.07) is 7.09. The molecule has 1 fully saturated rings. The molecule has 0 aliphatic carbocycles. The van der Waals surface area contributed by atoms with Crippen LogP contribution in [-0.4, -0.2) is 29.0 Å². The van der Waals surface area contributed by atoms with Crippen LogP contribution < -0.4 is 5.32 Å². The second kappa shape index (κ2) is 5.87. The highest BCUT2D eigenvalue weighted by Crippen LogP contribution is 2.25. The van der Waals surface area contributed by atoms with Crippen molar-refractivity contribution in [1.29, 1.82) is 0 Å². The van der Waals surface area contributed by atoms with Crippen molar-refractivity contribution in [2.45, 2.75) is 32.4 Å². The van der Waals surface area contributed by atoms with E-state index in [9.17, 15) is 9.90 Å². The summed E-state index contributed by atoms with van der Waals surface area (Å²) in [7, 11) is 0. The van der Waals surface area contributed by atoms with Gasteiger partial charge in [-0.1, -0.05) is 31.9 Å². The van der Waals surface area contributed by atoms with E-state index >= 15 is 0 Å². The predicted molar refractivity (Wildman–Crippen MR) is 70.1 cm³/mol. The van der Waals surface area contributed by atoms with Gasteiger partial charge in [-0.25, -0.2) is 0 Å². The van der Waals surface area contributed by atoms with Gasteiger partial charge in [0.1, 0.15) is 11.9 Å². The van der Waals surface area contributed by atoms with E-state index in [1.165, 1.54) is 12.8 Å². The number of nitrogens with zero attached hydrogens (tertiary/aromatic N) is 1. The van der Waals surface area contributed by atoms with Gasteiger partial charge in [0.2, 0.25) is 5.91 Å². The van der Waals surface area contributed by atoms with Gasteiger partial charge in [0.25, 0.3) is 0 Å². The molecule has 0 aromatic heterocycles. The lowest BCUT2D eigenvalue weighted by Crippen LogP contribution is -2.28. The minimum atomic E-state index is -0.0959. The molecule has 1 aliphatic heterocycles. The molecule has 0 spiro atoms. The highest BCUT2D eigenvalue weighted by Gasteiger charge is 2.30. The summed E-state index contributed by atoms with van der Waals surface area (Å²) in [5.41, 5.74) is 0.942. The third-order valence-corrected chi connectivity index (χ3v) is 3.24. The number of benzene rings is 1. The number of carbonyl (C=O) groups excluding carboxylic acids is 1. The van der Waals surface area contributed by atoms with Gasteiger partial charge in [0.05, 0.1) is 6.54 Å². The molecule has 1 aromatic rings. The molecule has 0 saturated carbocycles. The Morgan fingerprint density at radius 2 is 2.28 bits per heavy atom. The number of phenolic OH excluding ortho intramolecular Hbond substituents is 1. The van der Waals surface area contributed by atoms with E-state index in [0.29, 0.717) is 6.54 Å². The summed E-state index contributed by atoms with van der Waals surface area (Å²) in [5, 5.41) is 12.5. The van der Waals surface area contributed by atoms with Gasteiger partial charge in [-0.05, 0) is 24.1 Å². The Bertz CT molecular complexity index is 420. The van der Waals surface area contributed by atoms with Crippen molar-refractivity contribution < 1.29 is 9.90 Å². The maximum atomic E-state index is 11.5. The van der Waals surface area contributed by atoms with Gasteiger partial charge >= 0.3 is 0 Å². The van der Waals surface area contributed by atoms with Crippen LogP contribution >= 0.6 is 0 Å². The molecule has 1 saturated heterocycles. The molecule has 98 valence electrons. The number of phenols is 1. The standard InChI is InChI=1S/C14H20N2O2/c1-2-3-4-8-16-10-13(18)15-14(16)11-6-5-7-12(17)9-11/h5-7,9,14,17H,2-4,8,10H2,1H3,(H,15,18)/t14-/m0/s1. The highest BCUT2D eigenvalue weighted by atomic mass is 16.3. The molecule has 0 bridgehead atoms. The number of hydrogen-bond acceptors (Lipinski definition) is 3. The van der Waals surface area contributed by atoms with Crippen LogP contribution in [0.25, 0.3) is 0 Å². The van der Waals surface area contributed by atoms with Crippen LogP contribution in [0.3, 0.4) is 0 Å². The Morgan fingerprint density at radius 1 is 1.44 bits per heavy atom. The molecular weight excluding hydrogens is 228 g/mol. The quantitative estimate of drug-likeness (QED) is 0.784. The minimum absolute atomic E-state index is 0.0554. The van der Waals surface area contributed by atoms with Crippen molar-refractivity contribution in [3.8, 4) is 5.75 Å². The summed E-state index contributed by atoms with van der Waals surface area (Å²) in [6.45, 7) is 3.52. The number of rotatable bonds is 5. The van der Waals surface area contributed by atoms with Crippen LogP contribution in [0.4, 0.5) is 0 Å². The Hall–Kier alpha value is -1.55. The molecule has 4 nitrogen and oxygen atoms in total. The van der Waals surface area contributed by atoms with Gasteiger partial charge in [0.15, 0.2) is 0 Å². The van der Waals surface area contributed by atoms with Gasteiger partial charge < -0.3 is 10.4 Å². The van der Waals surface area contributed by atoms with Crippen LogP contribution in [0.2, 0.25) is 0 Å². The number of unbranched alkanes of at least 4 members (excludes halogenated alkanes) is 2. The average Bonchev–Trinajstić information content (AvgIpc) is 2.71. The fourth-order valence-electron chi connectivity index (χ4n) is 2.33. The molecular formula is C14H20N2O2. The van der Waals surface area contributed by atoms with Gasteiger partial charge in [-0.15, -0.1) is 0 Å². The second-order valence-electron chi connectivity index (χ2n) is 4.74. The molecule has 1 atom stereocenters. The first-order valence-corrected chi connectivity index (χ1v) is 6.53. The van der Waals surface area contributed by atoms with E-state index in [4.69, 9.17) is 0 Å². The number of amides is 1. The third kappa shape index (κ3) is 3.01. The lowest BCUT2D eigenvalue weighted by molar-refractivity contribution is -0.118. The molecule has 2 N–H and O–H groups in total. The average molecular weight is 248 g/mol. The molecule has 2 rings (SSSR count). The first-order chi connectivity index (χ1) is 8.70. The second-order valence-corrected chi connectivity index (χ2v) is 4.74. The molecule has 1 amide bonds. The summed E-state index contributed by atoms with van der Waals surface area (Å²) < 4.78 is 0. The monoisotopic (exact) mass is 248 g/mol. The van der Waals surface area contributed by atoms with E-state index in [2.05, 4.69) is 17.1 Å². The van der Waals surface area contributed by atoms with Crippen LogP contribution in [0.15, 0.2) is 24.3 Å². The normalized spacial score (nSPS) is 20.1. The lowest BCUT2D eigenvalue weighted by Gasteiger charge is -2.23. The smallest absolute Gasteiger partial charge is 0.235 e. The summed E-state index contributed by atoms with van der Waals surface area (Å²) in [5.74, 6) is 0.294. The topological polar surface area (TPSA) is 52.6 Å². The van der Waals surface area contributed by atoms with Crippen molar-refractivity contribution >= 4 is 5.91 Å². The van der Waals surface area contributed by atoms with Gasteiger partial charge in [-0.3, -0.25) is 9.69 Å². The van der Waals surface area contributed by atoms with E-state index < -0.39 is 0 Å². The first kappa shape index (κ1) is 12.9. The molecule has 18 heavy (non-hydrogen) atoms. The fourth-order valence-corrected chi connectivity index (χ4v) is 2.33. The number of aromatic hydroxyl groups is 1. The van der Waals surface area contributed by atoms with Crippen molar-refractivity contribution in [2.75, 3.05) is 13.1 Å². The van der Waals surface area contributed by atoms with Crippen molar-refractivity contribution in [3.63, 3.8) is 0 Å². The van der Waals surface area contributed by atoms with Crippen LogP contribution in [0.5, 0.6) is 5.75 Å². The number of hydrogen-bond donors (Lipinski definition) is 2. The summed E-state index contributed by atoms with van der Waals surface area (Å²) >= 11 is 0. The Morgan fingerprint density at radius 3 is 3.00 bits per heavy atom. The van der Waals surface area contributed by atoms with E-state index in [-0.39, 0.29) is 17.8 Å². The maximum Gasteiger partial charge on any atom is 0.235 e. The van der Waals surface area contributed by atoms with E-state index in [1.54, 1.807) is 18.2 Å². The zero-order chi connectivity index (χ0) is 13.0. The number of nitrogens with one attached hydrogen (secondary N) is 1. The van der Waals surface area contributed by atoms with Crippen molar-refractivity contribution in [2.24, 2.45) is 0 Å². The Balaban J connectivity index is 2.07. The Kier molecular flexibility index (Phi) is 4.20. The molecule has 0 radical (unpaired) electrons. The Labute approximate surface area is 108 Å². The highest BCUT2D eigenvalue weighted by molar-refractivity contribution is 5.80. The predicted octanol–water partition coefficient (Wildman–Crippen LogP) is 2.01. The molecule has 4 heteroatoms. The van der Waals surface area contributed by atoms with Crippen molar-refractivity contribution in [1.82, 2.24) is 10.2 Å². The lowest BCUT2D eigenvalue weighted by atomic mass is 10.1. The zero-order valence-corrected chi connectivity index (χ0v) is 10.7. The van der Waals surface area contributed by atoms with Gasteiger partial charge in [0, 0.05) is 6.54 Å². The zero-order valence-electron chi connectivity index (χ0n) is 10.7. The molecule has 1 heterocycles. The first-order valence-electron chi connectivity index (χ1n) is 6.53. The third-order valence-electron chi connectivity index (χ3n) is 3.24. The van der Waals surface area contributed by atoms with E-state index in [0.717, 1.165) is 18.5 Å². The van der Waals surface area contributed by atoms with Crippen molar-refractivity contribution in [3.05, 3.63) is 29.8 Å². The largest absolute Gasteiger partial charge is 0.508 e. The van der Waals surface area contributed by atoms with Crippen LogP contribution in [0, 0.1) is 0 Å². The maximum absolute atomic E-state index is 11.5. The summed E-state index contributed by atoms with van der Waals surface area (Å²) in [4.78, 5) is 13.7. The fraction of sp³-hybridized carbons (Fsp3) is 0.500. The minimum Gasteiger partial charge on any atom is -0.508 e.